The molecule has 0 heterocycles. The molecule has 1 aromatic carbocycles. The van der Waals surface area contributed by atoms with E-state index >= 15 is 0 Å². The first kappa shape index (κ1) is 14.8. The fourth-order valence-corrected chi connectivity index (χ4v) is 1.91. The van der Waals surface area contributed by atoms with Crippen LogP contribution in [0.25, 0.3) is 0 Å². The Morgan fingerprint density at radius 3 is 2.40 bits per heavy atom. The van der Waals surface area contributed by atoms with Gasteiger partial charge in [-0.2, -0.15) is 0 Å². The number of ether oxygens (including phenoxy) is 1. The fourth-order valence-electron chi connectivity index (χ4n) is 1.53. The number of hydrazine groups is 1. The molecule has 1 saturated carbocycles. The average Bonchev–Trinajstić information content (AvgIpc) is 3.23. The third kappa shape index (κ3) is 5.18. The Kier molecular flexibility index (Phi) is 5.37. The molecular formula is C13H18N4OS2. The van der Waals surface area contributed by atoms with Crippen LogP contribution in [0.3, 0.4) is 0 Å². The van der Waals surface area contributed by atoms with Gasteiger partial charge in [0, 0.05) is 11.7 Å². The van der Waals surface area contributed by atoms with Gasteiger partial charge < -0.3 is 15.4 Å². The molecular weight excluding hydrogens is 292 g/mol. The predicted octanol–water partition coefficient (Wildman–Crippen LogP) is 1.91. The second kappa shape index (κ2) is 7.25. The average molecular weight is 310 g/mol. The van der Waals surface area contributed by atoms with Crippen LogP contribution in [0.4, 0.5) is 5.69 Å². The number of anilines is 1. The standard InChI is InChI=1S/C13H18N4OS2/c1-2-18-11-7-5-10(6-8-11)15-13(20)17-16-12(19)14-9-3-4-9/h5-9H,2-4H2,1H3,(H2,14,16,19)(H2,15,17,20). The van der Waals surface area contributed by atoms with Crippen LogP contribution >= 0.6 is 24.4 Å². The summed E-state index contributed by atoms with van der Waals surface area (Å²) in [6.07, 6.45) is 2.35. The number of thiocarbonyl (C=S) groups is 2. The van der Waals surface area contributed by atoms with Crippen molar-refractivity contribution in [1.29, 1.82) is 0 Å². The van der Waals surface area contributed by atoms with Crippen molar-refractivity contribution in [2.75, 3.05) is 11.9 Å². The van der Waals surface area contributed by atoms with Crippen molar-refractivity contribution in [2.45, 2.75) is 25.8 Å². The third-order valence-corrected chi connectivity index (χ3v) is 3.05. The number of rotatable bonds is 4. The van der Waals surface area contributed by atoms with Gasteiger partial charge in [0.2, 0.25) is 0 Å². The molecule has 1 aliphatic carbocycles. The van der Waals surface area contributed by atoms with Crippen LogP contribution in [-0.2, 0) is 0 Å². The van der Waals surface area contributed by atoms with Crippen molar-refractivity contribution in [1.82, 2.24) is 16.2 Å². The van der Waals surface area contributed by atoms with Crippen LogP contribution in [-0.4, -0.2) is 22.9 Å². The second-order valence-electron chi connectivity index (χ2n) is 4.41. The Morgan fingerprint density at radius 1 is 1.15 bits per heavy atom. The third-order valence-electron chi connectivity index (χ3n) is 2.63. The van der Waals surface area contributed by atoms with Crippen molar-refractivity contribution in [3.8, 4) is 5.75 Å². The van der Waals surface area contributed by atoms with Gasteiger partial charge in [0.05, 0.1) is 6.61 Å². The van der Waals surface area contributed by atoms with Crippen molar-refractivity contribution < 1.29 is 4.74 Å². The lowest BCUT2D eigenvalue weighted by molar-refractivity contribution is 0.340. The van der Waals surface area contributed by atoms with E-state index in [9.17, 15) is 0 Å². The highest BCUT2D eigenvalue weighted by Crippen LogP contribution is 2.18. The van der Waals surface area contributed by atoms with Gasteiger partial charge in [-0.05, 0) is 68.5 Å². The summed E-state index contributed by atoms with van der Waals surface area (Å²) in [6.45, 7) is 2.61. The predicted molar refractivity (Wildman–Crippen MR) is 88.9 cm³/mol. The molecule has 0 aliphatic heterocycles. The summed E-state index contributed by atoms with van der Waals surface area (Å²) in [5, 5.41) is 7.21. The van der Waals surface area contributed by atoms with E-state index in [1.807, 2.05) is 31.2 Å². The molecule has 0 radical (unpaired) electrons. The number of hydrogen-bond donors (Lipinski definition) is 4. The lowest BCUT2D eigenvalue weighted by atomic mass is 10.3. The number of nitrogens with one attached hydrogen (secondary N) is 4. The van der Waals surface area contributed by atoms with Gasteiger partial charge >= 0.3 is 0 Å². The maximum Gasteiger partial charge on any atom is 0.189 e. The van der Waals surface area contributed by atoms with E-state index in [0.29, 0.717) is 22.9 Å². The van der Waals surface area contributed by atoms with E-state index in [0.717, 1.165) is 11.4 Å². The zero-order valence-electron chi connectivity index (χ0n) is 11.2. The van der Waals surface area contributed by atoms with Crippen molar-refractivity contribution >= 4 is 40.3 Å². The van der Waals surface area contributed by atoms with Gasteiger partial charge in [0.15, 0.2) is 10.2 Å². The molecule has 1 aliphatic rings. The Morgan fingerprint density at radius 2 is 1.80 bits per heavy atom. The van der Waals surface area contributed by atoms with E-state index in [1.54, 1.807) is 0 Å². The van der Waals surface area contributed by atoms with Gasteiger partial charge in [-0.3, -0.25) is 10.9 Å². The van der Waals surface area contributed by atoms with Crippen molar-refractivity contribution in [3.63, 3.8) is 0 Å². The Labute approximate surface area is 129 Å². The molecule has 0 aromatic heterocycles. The molecule has 20 heavy (non-hydrogen) atoms. The fraction of sp³-hybridized carbons (Fsp3) is 0.385. The minimum atomic E-state index is 0.453. The van der Waals surface area contributed by atoms with Gasteiger partial charge in [-0.1, -0.05) is 0 Å². The van der Waals surface area contributed by atoms with Crippen LogP contribution in [0.1, 0.15) is 19.8 Å². The minimum Gasteiger partial charge on any atom is -0.494 e. The molecule has 5 nitrogen and oxygen atoms in total. The summed E-state index contributed by atoms with van der Waals surface area (Å²) in [5.74, 6) is 0.838. The zero-order chi connectivity index (χ0) is 14.4. The summed E-state index contributed by atoms with van der Waals surface area (Å²) in [6, 6.07) is 8.10. The molecule has 0 saturated heterocycles. The SMILES string of the molecule is CCOc1ccc(NC(=S)NNC(=S)NC2CC2)cc1. The highest BCUT2D eigenvalue weighted by atomic mass is 32.1. The van der Waals surface area contributed by atoms with Crippen LogP contribution < -0.4 is 26.2 Å². The first-order chi connectivity index (χ1) is 9.67. The minimum absolute atomic E-state index is 0.453. The molecule has 1 fully saturated rings. The second-order valence-corrected chi connectivity index (χ2v) is 5.23. The molecule has 2 rings (SSSR count). The van der Waals surface area contributed by atoms with Gasteiger partial charge in [0.1, 0.15) is 5.75 Å². The van der Waals surface area contributed by atoms with Crippen LogP contribution in [0.5, 0.6) is 5.75 Å². The highest BCUT2D eigenvalue weighted by Gasteiger charge is 2.21. The van der Waals surface area contributed by atoms with Crippen molar-refractivity contribution in [3.05, 3.63) is 24.3 Å². The maximum atomic E-state index is 5.37. The summed E-state index contributed by atoms with van der Waals surface area (Å²) >= 11 is 10.3. The molecule has 0 spiro atoms. The summed E-state index contributed by atoms with van der Waals surface area (Å²) in [4.78, 5) is 0. The Hall–Kier alpha value is -1.60. The van der Waals surface area contributed by atoms with Crippen molar-refractivity contribution in [2.24, 2.45) is 0 Å². The van der Waals surface area contributed by atoms with Gasteiger partial charge in [-0.25, -0.2) is 0 Å². The van der Waals surface area contributed by atoms with Crippen LogP contribution in [0.15, 0.2) is 24.3 Å². The van der Waals surface area contributed by atoms with Gasteiger partial charge in [-0.15, -0.1) is 0 Å². The van der Waals surface area contributed by atoms with E-state index in [-0.39, 0.29) is 0 Å². The summed E-state index contributed by atoms with van der Waals surface area (Å²) in [7, 11) is 0. The molecule has 0 unspecified atom stereocenters. The largest absolute Gasteiger partial charge is 0.494 e. The molecule has 7 heteroatoms. The molecule has 0 bridgehead atoms. The Balaban J connectivity index is 1.71. The number of hydrogen-bond acceptors (Lipinski definition) is 3. The molecule has 108 valence electrons. The summed E-state index contributed by atoms with van der Waals surface area (Å²) < 4.78 is 5.37. The van der Waals surface area contributed by atoms with E-state index in [1.165, 1.54) is 12.8 Å². The normalized spacial score (nSPS) is 13.2. The first-order valence-corrected chi connectivity index (χ1v) is 7.35. The van der Waals surface area contributed by atoms with E-state index in [4.69, 9.17) is 29.2 Å². The van der Waals surface area contributed by atoms with E-state index in [2.05, 4.69) is 21.5 Å². The lowest BCUT2D eigenvalue weighted by Gasteiger charge is -2.14. The molecule has 0 amide bonds. The quantitative estimate of drug-likeness (QED) is 0.501. The molecule has 1 aromatic rings. The lowest BCUT2D eigenvalue weighted by Crippen LogP contribution is -2.48. The monoisotopic (exact) mass is 310 g/mol. The van der Waals surface area contributed by atoms with Crippen LogP contribution in [0, 0.1) is 0 Å². The van der Waals surface area contributed by atoms with Crippen LogP contribution in [0.2, 0.25) is 0 Å². The smallest absolute Gasteiger partial charge is 0.189 e. The summed E-state index contributed by atoms with van der Waals surface area (Å²) in [5.41, 5.74) is 6.57. The Bertz CT molecular complexity index is 474. The highest BCUT2D eigenvalue weighted by molar-refractivity contribution is 7.80. The first-order valence-electron chi connectivity index (χ1n) is 6.53. The molecule has 4 N–H and O–H groups in total. The van der Waals surface area contributed by atoms with Gasteiger partial charge in [0.25, 0.3) is 0 Å². The number of benzene rings is 1. The molecule has 0 atom stereocenters. The topological polar surface area (TPSA) is 57.4 Å². The zero-order valence-corrected chi connectivity index (χ0v) is 12.9. The maximum absolute atomic E-state index is 5.37. The van der Waals surface area contributed by atoms with E-state index < -0.39 is 0 Å².